The molecule has 0 aromatic carbocycles. The van der Waals surface area contributed by atoms with Crippen molar-refractivity contribution in [1.29, 1.82) is 0 Å². The monoisotopic (exact) mass is 436 g/mol. The van der Waals surface area contributed by atoms with Gasteiger partial charge in [-0.1, -0.05) is 16.7 Å². The molecule has 0 spiro atoms. The zero-order valence-corrected chi connectivity index (χ0v) is 13.8. The van der Waals surface area contributed by atoms with Gasteiger partial charge in [0.05, 0.1) is 18.0 Å². The topological polar surface area (TPSA) is 129 Å². The summed E-state index contributed by atoms with van der Waals surface area (Å²) in [4.78, 5) is 10.7. The Balaban J connectivity index is 2.01. The van der Waals surface area contributed by atoms with Crippen molar-refractivity contribution in [3.8, 4) is 0 Å². The molecule has 1 aliphatic heterocycles. The molecule has 22 heavy (non-hydrogen) atoms. The molecule has 0 bridgehead atoms. The van der Waals surface area contributed by atoms with Gasteiger partial charge in [-0.15, -0.1) is 0 Å². The number of aliphatic hydroxyl groups excluding tert-OH is 2. The van der Waals surface area contributed by atoms with Crippen LogP contribution in [0.2, 0.25) is 5.15 Å². The van der Waals surface area contributed by atoms with E-state index in [0.29, 0.717) is 16.2 Å². The fourth-order valence-electron chi connectivity index (χ4n) is 2.43. The summed E-state index contributed by atoms with van der Waals surface area (Å²) in [5.74, 6) is 0. The Morgan fingerprint density at radius 3 is 2.95 bits per heavy atom. The Hall–Kier alpha value is -1.17. The van der Waals surface area contributed by atoms with Gasteiger partial charge in [-0.25, -0.2) is 9.97 Å². The minimum Gasteiger partial charge on any atom is -0.388 e. The van der Waals surface area contributed by atoms with Gasteiger partial charge in [-0.3, -0.25) is 0 Å². The van der Waals surface area contributed by atoms with E-state index in [1.54, 1.807) is 10.8 Å². The average molecular weight is 437 g/mol. The maximum absolute atomic E-state index is 10.2. The maximum Gasteiger partial charge on any atom is 0.164 e. The number of fused-ring (bicyclic) bond motifs is 1. The minimum atomic E-state index is -1.18. The second kappa shape index (κ2) is 6.14. The third kappa shape index (κ3) is 2.51. The number of hydrogen-bond acceptors (Lipinski definition) is 6. The van der Waals surface area contributed by atoms with Gasteiger partial charge in [-0.2, -0.15) is 0 Å². The Kier molecular flexibility index (Phi) is 4.39. The highest BCUT2D eigenvalue weighted by Gasteiger charge is 2.43. The van der Waals surface area contributed by atoms with E-state index in [1.807, 2.05) is 0 Å². The molecule has 9 nitrogen and oxygen atoms in total. The van der Waals surface area contributed by atoms with Crippen LogP contribution < -0.4 is 0 Å². The van der Waals surface area contributed by atoms with Gasteiger partial charge in [0.2, 0.25) is 0 Å². The van der Waals surface area contributed by atoms with Gasteiger partial charge in [0.1, 0.15) is 29.3 Å². The second-order valence-corrected chi connectivity index (χ2v) is 6.23. The Labute approximate surface area is 142 Å². The van der Waals surface area contributed by atoms with Crippen molar-refractivity contribution in [2.45, 2.75) is 24.5 Å². The summed E-state index contributed by atoms with van der Waals surface area (Å²) in [5, 5.41) is 24.5. The quantitative estimate of drug-likeness (QED) is 0.248. The van der Waals surface area contributed by atoms with Crippen LogP contribution in [0.1, 0.15) is 6.23 Å². The summed E-state index contributed by atoms with van der Waals surface area (Å²) < 4.78 is 8.01. The zero-order valence-electron chi connectivity index (χ0n) is 10.9. The van der Waals surface area contributed by atoms with Crippen molar-refractivity contribution < 1.29 is 14.9 Å². The van der Waals surface area contributed by atoms with Crippen LogP contribution in [0.3, 0.4) is 0 Å². The van der Waals surface area contributed by atoms with E-state index >= 15 is 0 Å². The van der Waals surface area contributed by atoms with Crippen LogP contribution >= 0.6 is 34.2 Å². The Bertz CT molecular complexity index is 764. The highest BCUT2D eigenvalue weighted by atomic mass is 127. The molecule has 0 aliphatic carbocycles. The molecule has 2 aromatic heterocycles. The normalized spacial score (nSPS) is 28.0. The predicted molar refractivity (Wildman–Crippen MR) is 85.2 cm³/mol. The van der Waals surface area contributed by atoms with Gasteiger partial charge < -0.3 is 19.5 Å². The lowest BCUT2D eigenvalue weighted by atomic mass is 10.1. The molecule has 2 aromatic rings. The molecule has 0 saturated carbocycles. The number of aliphatic hydroxyl groups is 2. The summed E-state index contributed by atoms with van der Waals surface area (Å²) >= 11 is 8.15. The molecule has 1 aliphatic rings. The van der Waals surface area contributed by atoms with E-state index in [4.69, 9.17) is 21.9 Å². The molecule has 2 N–H and O–H groups in total. The Morgan fingerprint density at radius 2 is 2.23 bits per heavy atom. The lowest BCUT2D eigenvalue weighted by Crippen LogP contribution is -2.32. The number of hydrogen-bond donors (Lipinski definition) is 2. The third-order valence-corrected chi connectivity index (χ3v) is 4.56. The molecule has 11 heteroatoms. The third-order valence-electron chi connectivity index (χ3n) is 3.45. The summed E-state index contributed by atoms with van der Waals surface area (Å²) in [6.07, 6.45) is -0.967. The van der Waals surface area contributed by atoms with Crippen LogP contribution in [0.5, 0.6) is 0 Å². The number of aromatic nitrogens is 3. The summed E-state index contributed by atoms with van der Waals surface area (Å²) in [6, 6.07) is 0. The molecule has 4 atom stereocenters. The van der Waals surface area contributed by atoms with E-state index in [2.05, 4.69) is 42.6 Å². The molecule has 0 radical (unpaired) electrons. The first-order chi connectivity index (χ1) is 10.5. The molecule has 1 saturated heterocycles. The van der Waals surface area contributed by atoms with Gasteiger partial charge in [0.15, 0.2) is 6.23 Å². The number of halogens is 2. The molecule has 3 heterocycles. The molecular formula is C11H10ClIN6O3. The first-order valence-electron chi connectivity index (χ1n) is 6.23. The number of rotatable bonds is 3. The molecule has 3 rings (SSSR count). The lowest BCUT2D eigenvalue weighted by molar-refractivity contribution is -0.0319. The molecular weight excluding hydrogens is 427 g/mol. The van der Waals surface area contributed by atoms with Gasteiger partial charge >= 0.3 is 0 Å². The van der Waals surface area contributed by atoms with Crippen molar-refractivity contribution in [1.82, 2.24) is 14.5 Å². The highest BCUT2D eigenvalue weighted by molar-refractivity contribution is 14.1. The van der Waals surface area contributed by atoms with Crippen LogP contribution in [-0.4, -0.2) is 49.6 Å². The fourth-order valence-corrected chi connectivity index (χ4v) is 3.61. The fraction of sp³-hybridized carbons (Fsp3) is 0.455. The van der Waals surface area contributed by atoms with Crippen molar-refractivity contribution in [3.63, 3.8) is 0 Å². The first-order valence-corrected chi connectivity index (χ1v) is 7.69. The minimum absolute atomic E-state index is 0.0722. The van der Waals surface area contributed by atoms with Gasteiger partial charge in [0.25, 0.3) is 0 Å². The van der Waals surface area contributed by atoms with E-state index < -0.39 is 24.5 Å². The second-order valence-electron chi connectivity index (χ2n) is 4.71. The number of azide groups is 1. The standard InChI is InChI=1S/C11H10ClIN6O3/c12-9-6-4(13)2-19(10(6)16-3-15-9)11-8(21)7(20)5(22-11)1-17-18-14/h2-3,5,7-8,11,20-21H,1H2. The van der Waals surface area contributed by atoms with Gasteiger partial charge in [0, 0.05) is 14.7 Å². The molecule has 116 valence electrons. The predicted octanol–water partition coefficient (Wildman–Crippen LogP) is 1.62. The van der Waals surface area contributed by atoms with Crippen LogP contribution in [0.15, 0.2) is 17.6 Å². The lowest BCUT2D eigenvalue weighted by Gasteiger charge is -2.17. The number of nitrogens with zero attached hydrogens (tertiary/aromatic N) is 6. The number of ether oxygens (including phenoxy) is 1. The first kappa shape index (κ1) is 15.7. The van der Waals surface area contributed by atoms with Crippen LogP contribution in [0.25, 0.3) is 21.5 Å². The van der Waals surface area contributed by atoms with Crippen LogP contribution in [-0.2, 0) is 4.74 Å². The summed E-state index contributed by atoms with van der Waals surface area (Å²) in [7, 11) is 0. The van der Waals surface area contributed by atoms with Gasteiger partial charge in [-0.05, 0) is 28.1 Å². The zero-order chi connectivity index (χ0) is 15.9. The molecule has 4 unspecified atom stereocenters. The van der Waals surface area contributed by atoms with E-state index in [1.165, 1.54) is 6.33 Å². The van der Waals surface area contributed by atoms with Crippen LogP contribution in [0, 0.1) is 3.57 Å². The van der Waals surface area contributed by atoms with E-state index in [-0.39, 0.29) is 6.54 Å². The average Bonchev–Trinajstić information content (AvgIpc) is 2.97. The smallest absolute Gasteiger partial charge is 0.164 e. The Morgan fingerprint density at radius 1 is 1.45 bits per heavy atom. The summed E-state index contributed by atoms with van der Waals surface area (Å²) in [6.45, 7) is -0.0722. The van der Waals surface area contributed by atoms with Crippen LogP contribution in [0.4, 0.5) is 0 Å². The van der Waals surface area contributed by atoms with Crippen molar-refractivity contribution in [2.75, 3.05) is 6.54 Å². The summed E-state index contributed by atoms with van der Waals surface area (Å²) in [5.41, 5.74) is 8.85. The van der Waals surface area contributed by atoms with Crippen molar-refractivity contribution in [2.24, 2.45) is 5.11 Å². The maximum atomic E-state index is 10.2. The largest absolute Gasteiger partial charge is 0.388 e. The van der Waals surface area contributed by atoms with Crippen molar-refractivity contribution in [3.05, 3.63) is 31.7 Å². The highest BCUT2D eigenvalue weighted by Crippen LogP contribution is 2.35. The van der Waals surface area contributed by atoms with E-state index in [0.717, 1.165) is 3.57 Å². The van der Waals surface area contributed by atoms with Crippen molar-refractivity contribution >= 4 is 45.2 Å². The van der Waals surface area contributed by atoms with E-state index in [9.17, 15) is 10.2 Å². The molecule has 1 fully saturated rings. The molecule has 0 amide bonds. The SMILES string of the molecule is [N-]=[N+]=NCC1OC(n2cc(I)c3c(Cl)ncnc32)C(O)C1O.